The molecular formula is C20H40IN5O. The topological polar surface area (TPSA) is 51.2 Å². The largest absolute Gasteiger partial charge is 0.356 e. The highest BCUT2D eigenvalue weighted by molar-refractivity contribution is 14.0. The Morgan fingerprint density at radius 3 is 2.04 bits per heavy atom. The SMILES string of the molecule is CCC(CC)CNC(=NC)N1CCN(CC(=O)N2CCCCCC2)CC1.I. The number of carbonyl (C=O) groups is 1. The van der Waals surface area contributed by atoms with Gasteiger partial charge in [-0.25, -0.2) is 0 Å². The lowest BCUT2D eigenvalue weighted by Crippen LogP contribution is -2.54. The molecule has 1 amide bonds. The van der Waals surface area contributed by atoms with Crippen LogP contribution in [0, 0.1) is 5.92 Å². The van der Waals surface area contributed by atoms with E-state index in [2.05, 4.69) is 38.9 Å². The number of aliphatic imine (C=N–C) groups is 1. The number of likely N-dealkylation sites (tertiary alicyclic amines) is 1. The van der Waals surface area contributed by atoms with Crippen molar-refractivity contribution in [3.05, 3.63) is 0 Å². The Labute approximate surface area is 183 Å². The first-order chi connectivity index (χ1) is 12.7. The number of hydrogen-bond donors (Lipinski definition) is 1. The summed E-state index contributed by atoms with van der Waals surface area (Å²) in [4.78, 5) is 23.7. The molecule has 0 aromatic rings. The van der Waals surface area contributed by atoms with Crippen molar-refractivity contribution in [1.29, 1.82) is 0 Å². The van der Waals surface area contributed by atoms with Gasteiger partial charge in [0.15, 0.2) is 5.96 Å². The van der Waals surface area contributed by atoms with E-state index >= 15 is 0 Å². The first kappa shape index (κ1) is 24.5. The minimum absolute atomic E-state index is 0. The van der Waals surface area contributed by atoms with Gasteiger partial charge in [0, 0.05) is 52.9 Å². The van der Waals surface area contributed by atoms with Gasteiger partial charge >= 0.3 is 0 Å². The van der Waals surface area contributed by atoms with Crippen LogP contribution in [-0.4, -0.2) is 86.0 Å². The van der Waals surface area contributed by atoms with Crippen LogP contribution < -0.4 is 5.32 Å². The molecule has 0 unspecified atom stereocenters. The Kier molecular flexibility index (Phi) is 12.3. The summed E-state index contributed by atoms with van der Waals surface area (Å²) < 4.78 is 0. The summed E-state index contributed by atoms with van der Waals surface area (Å²) >= 11 is 0. The summed E-state index contributed by atoms with van der Waals surface area (Å²) in [5.41, 5.74) is 0. The number of nitrogens with zero attached hydrogens (tertiary/aromatic N) is 4. The predicted octanol–water partition coefficient (Wildman–Crippen LogP) is 2.64. The third-order valence-corrected chi connectivity index (χ3v) is 5.90. The fourth-order valence-corrected chi connectivity index (χ4v) is 3.87. The van der Waals surface area contributed by atoms with E-state index in [-0.39, 0.29) is 24.0 Å². The maximum atomic E-state index is 12.6. The molecule has 27 heavy (non-hydrogen) atoms. The molecule has 0 aromatic heterocycles. The predicted molar refractivity (Wildman–Crippen MR) is 124 cm³/mol. The van der Waals surface area contributed by atoms with E-state index in [1.165, 1.54) is 25.7 Å². The van der Waals surface area contributed by atoms with Crippen molar-refractivity contribution in [2.45, 2.75) is 52.4 Å². The van der Waals surface area contributed by atoms with E-state index in [1.54, 1.807) is 0 Å². The van der Waals surface area contributed by atoms with Crippen LogP contribution in [0.5, 0.6) is 0 Å². The molecule has 0 aromatic carbocycles. The van der Waals surface area contributed by atoms with Crippen LogP contribution in [0.4, 0.5) is 0 Å². The number of amides is 1. The first-order valence-electron chi connectivity index (χ1n) is 10.6. The molecule has 2 fully saturated rings. The number of halogens is 1. The third kappa shape index (κ3) is 8.13. The van der Waals surface area contributed by atoms with Crippen molar-refractivity contribution in [3.63, 3.8) is 0 Å². The molecule has 0 bridgehead atoms. The molecule has 6 nitrogen and oxygen atoms in total. The Balaban J connectivity index is 0.00000364. The molecule has 2 rings (SSSR count). The second kappa shape index (κ2) is 13.6. The fourth-order valence-electron chi connectivity index (χ4n) is 3.87. The van der Waals surface area contributed by atoms with Crippen molar-refractivity contribution >= 4 is 35.8 Å². The van der Waals surface area contributed by atoms with Crippen LogP contribution in [0.25, 0.3) is 0 Å². The summed E-state index contributed by atoms with van der Waals surface area (Å²) in [6, 6.07) is 0. The van der Waals surface area contributed by atoms with Crippen LogP contribution in [0.15, 0.2) is 4.99 Å². The van der Waals surface area contributed by atoms with Gasteiger partial charge in [-0.05, 0) is 18.8 Å². The summed E-state index contributed by atoms with van der Waals surface area (Å²) in [6.45, 7) is 11.7. The van der Waals surface area contributed by atoms with Gasteiger partial charge in [0.2, 0.25) is 5.91 Å². The van der Waals surface area contributed by atoms with E-state index in [0.717, 1.165) is 64.6 Å². The quantitative estimate of drug-likeness (QED) is 0.351. The highest BCUT2D eigenvalue weighted by Gasteiger charge is 2.23. The van der Waals surface area contributed by atoms with Gasteiger partial charge in [-0.2, -0.15) is 0 Å². The molecule has 1 N–H and O–H groups in total. The highest BCUT2D eigenvalue weighted by Crippen LogP contribution is 2.11. The molecule has 7 heteroatoms. The van der Waals surface area contributed by atoms with Gasteiger partial charge in [-0.15, -0.1) is 24.0 Å². The molecule has 0 atom stereocenters. The number of guanidine groups is 1. The fraction of sp³-hybridized carbons (Fsp3) is 0.900. The molecule has 2 heterocycles. The summed E-state index contributed by atoms with van der Waals surface area (Å²) in [7, 11) is 1.87. The maximum absolute atomic E-state index is 12.6. The van der Waals surface area contributed by atoms with E-state index in [0.29, 0.717) is 18.4 Å². The highest BCUT2D eigenvalue weighted by atomic mass is 127. The monoisotopic (exact) mass is 493 g/mol. The Morgan fingerprint density at radius 1 is 0.926 bits per heavy atom. The molecule has 158 valence electrons. The molecule has 2 aliphatic heterocycles. The lowest BCUT2D eigenvalue weighted by atomic mass is 10.0. The van der Waals surface area contributed by atoms with E-state index in [1.807, 2.05) is 7.05 Å². The average Bonchev–Trinajstić information content (AvgIpc) is 2.96. The molecule has 0 radical (unpaired) electrons. The van der Waals surface area contributed by atoms with Gasteiger partial charge in [-0.1, -0.05) is 39.5 Å². The standard InChI is InChI=1S/C20H39N5O.HI/c1-4-18(5-2)16-22-20(21-3)25-14-12-23(13-15-25)17-19(26)24-10-8-6-7-9-11-24;/h18H,4-17H2,1-3H3,(H,21,22);1H. The number of piperazine rings is 1. The molecule has 0 saturated carbocycles. The first-order valence-corrected chi connectivity index (χ1v) is 10.6. The third-order valence-electron chi connectivity index (χ3n) is 5.90. The lowest BCUT2D eigenvalue weighted by Gasteiger charge is -2.37. The van der Waals surface area contributed by atoms with Gasteiger partial charge in [-0.3, -0.25) is 14.7 Å². The summed E-state index contributed by atoms with van der Waals surface area (Å²) in [5, 5.41) is 3.54. The summed E-state index contributed by atoms with van der Waals surface area (Å²) in [5.74, 6) is 2.03. The number of rotatable bonds is 6. The summed E-state index contributed by atoms with van der Waals surface area (Å²) in [6.07, 6.45) is 7.27. The van der Waals surface area contributed by atoms with Crippen molar-refractivity contribution in [1.82, 2.24) is 20.0 Å². The number of hydrogen-bond acceptors (Lipinski definition) is 3. The molecule has 2 aliphatic rings. The zero-order chi connectivity index (χ0) is 18.8. The van der Waals surface area contributed by atoms with Crippen LogP contribution >= 0.6 is 24.0 Å². The Hall–Kier alpha value is -0.570. The van der Waals surface area contributed by atoms with E-state index < -0.39 is 0 Å². The smallest absolute Gasteiger partial charge is 0.236 e. The van der Waals surface area contributed by atoms with Crippen LogP contribution in [-0.2, 0) is 4.79 Å². The minimum atomic E-state index is 0. The van der Waals surface area contributed by atoms with Crippen LogP contribution in [0.2, 0.25) is 0 Å². The zero-order valence-electron chi connectivity index (χ0n) is 17.6. The maximum Gasteiger partial charge on any atom is 0.236 e. The molecular weight excluding hydrogens is 453 g/mol. The zero-order valence-corrected chi connectivity index (χ0v) is 19.9. The van der Waals surface area contributed by atoms with E-state index in [4.69, 9.17) is 0 Å². The lowest BCUT2D eigenvalue weighted by molar-refractivity contribution is -0.132. The Bertz CT molecular complexity index is 440. The van der Waals surface area contributed by atoms with Crippen molar-refractivity contribution < 1.29 is 4.79 Å². The van der Waals surface area contributed by atoms with Crippen molar-refractivity contribution in [2.75, 3.05) is 59.4 Å². The number of carbonyl (C=O) groups excluding carboxylic acids is 1. The normalized spacial score (nSPS) is 19.6. The Morgan fingerprint density at radius 2 is 1.52 bits per heavy atom. The average molecular weight is 493 g/mol. The van der Waals surface area contributed by atoms with Crippen molar-refractivity contribution in [3.8, 4) is 0 Å². The molecule has 0 spiro atoms. The van der Waals surface area contributed by atoms with Gasteiger partial charge in [0.1, 0.15) is 0 Å². The minimum Gasteiger partial charge on any atom is -0.356 e. The van der Waals surface area contributed by atoms with Crippen LogP contribution in [0.1, 0.15) is 52.4 Å². The van der Waals surface area contributed by atoms with Gasteiger partial charge in [0.25, 0.3) is 0 Å². The van der Waals surface area contributed by atoms with Gasteiger partial charge < -0.3 is 15.1 Å². The van der Waals surface area contributed by atoms with Gasteiger partial charge in [0.05, 0.1) is 6.54 Å². The second-order valence-electron chi connectivity index (χ2n) is 7.67. The number of nitrogens with one attached hydrogen (secondary N) is 1. The molecule has 0 aliphatic carbocycles. The van der Waals surface area contributed by atoms with E-state index in [9.17, 15) is 4.79 Å². The van der Waals surface area contributed by atoms with Crippen molar-refractivity contribution in [2.24, 2.45) is 10.9 Å². The second-order valence-corrected chi connectivity index (χ2v) is 7.67. The molecule has 2 saturated heterocycles. The van der Waals surface area contributed by atoms with Crippen LogP contribution in [0.3, 0.4) is 0 Å².